The topological polar surface area (TPSA) is 49.4 Å². The summed E-state index contributed by atoms with van der Waals surface area (Å²) in [5, 5.41) is 3.19. The molecule has 1 heterocycles. The number of nitrogens with zero attached hydrogens (tertiary/aromatic N) is 1. The zero-order chi connectivity index (χ0) is 8.27. The predicted molar refractivity (Wildman–Crippen MR) is 43.4 cm³/mol. The minimum Gasteiger partial charge on any atom is -0.345 e. The van der Waals surface area contributed by atoms with Gasteiger partial charge in [0, 0.05) is 11.9 Å². The first-order valence-corrected chi connectivity index (χ1v) is 4.46. The quantitative estimate of drug-likeness (QED) is 0.629. The van der Waals surface area contributed by atoms with Crippen molar-refractivity contribution >= 4 is 27.7 Å². The molecule has 1 aliphatic heterocycles. The van der Waals surface area contributed by atoms with Crippen LogP contribution in [0.2, 0.25) is 0 Å². The number of piperazine rings is 1. The smallest absolute Gasteiger partial charge is 0.242 e. The van der Waals surface area contributed by atoms with Gasteiger partial charge in [0.1, 0.15) is 0 Å². The molecule has 1 aliphatic rings. The Bertz CT molecular complexity index is 183. The third kappa shape index (κ3) is 2.18. The highest BCUT2D eigenvalue weighted by molar-refractivity contribution is 9.09. The molecule has 0 spiro atoms. The number of halogens is 1. The molecule has 0 radical (unpaired) electrons. The predicted octanol–water partition coefficient (Wildman–Crippen LogP) is -0.660. The van der Waals surface area contributed by atoms with Gasteiger partial charge >= 0.3 is 0 Å². The van der Waals surface area contributed by atoms with Crippen LogP contribution in [0.1, 0.15) is 0 Å². The fourth-order valence-corrected chi connectivity index (χ4v) is 1.34. The van der Waals surface area contributed by atoms with Crippen LogP contribution in [-0.4, -0.2) is 41.7 Å². The van der Waals surface area contributed by atoms with Gasteiger partial charge in [0.2, 0.25) is 11.8 Å². The minimum atomic E-state index is -0.0782. The van der Waals surface area contributed by atoms with Gasteiger partial charge in [0.25, 0.3) is 0 Å². The van der Waals surface area contributed by atoms with Gasteiger partial charge in [0.15, 0.2) is 0 Å². The maximum atomic E-state index is 11.0. The molecular formula is C6H9BrN2O2. The third-order valence-corrected chi connectivity index (χ3v) is 1.83. The average molecular weight is 221 g/mol. The Balaban J connectivity index is 2.47. The van der Waals surface area contributed by atoms with E-state index in [1.165, 1.54) is 4.90 Å². The van der Waals surface area contributed by atoms with Gasteiger partial charge in [-0.05, 0) is 0 Å². The van der Waals surface area contributed by atoms with Gasteiger partial charge in [0.05, 0.1) is 13.1 Å². The van der Waals surface area contributed by atoms with Crippen LogP contribution in [-0.2, 0) is 9.59 Å². The molecule has 1 saturated heterocycles. The summed E-state index contributed by atoms with van der Waals surface area (Å²) in [5.41, 5.74) is 0. The van der Waals surface area contributed by atoms with E-state index in [0.717, 1.165) is 0 Å². The molecular weight excluding hydrogens is 212 g/mol. The maximum absolute atomic E-state index is 11.0. The highest BCUT2D eigenvalue weighted by Crippen LogP contribution is 1.96. The second-order valence-corrected chi connectivity index (χ2v) is 3.07. The van der Waals surface area contributed by atoms with E-state index >= 15 is 0 Å². The second-order valence-electron chi connectivity index (χ2n) is 2.28. The first-order chi connectivity index (χ1) is 5.24. The monoisotopic (exact) mass is 220 g/mol. The molecule has 0 aromatic rings. The van der Waals surface area contributed by atoms with Gasteiger partial charge in [-0.3, -0.25) is 9.59 Å². The van der Waals surface area contributed by atoms with Crippen LogP contribution in [0.3, 0.4) is 0 Å². The number of hydrogen-bond donors (Lipinski definition) is 1. The van der Waals surface area contributed by atoms with Crippen molar-refractivity contribution in [2.24, 2.45) is 0 Å². The van der Waals surface area contributed by atoms with E-state index in [1.807, 2.05) is 0 Å². The van der Waals surface area contributed by atoms with Crippen molar-refractivity contribution in [2.45, 2.75) is 0 Å². The summed E-state index contributed by atoms with van der Waals surface area (Å²) in [5.74, 6) is -0.0883. The van der Waals surface area contributed by atoms with E-state index in [2.05, 4.69) is 21.2 Å². The molecule has 11 heavy (non-hydrogen) atoms. The molecule has 0 saturated carbocycles. The fourth-order valence-electron chi connectivity index (χ4n) is 0.909. The van der Waals surface area contributed by atoms with Crippen LogP contribution < -0.4 is 5.32 Å². The first-order valence-electron chi connectivity index (χ1n) is 3.34. The van der Waals surface area contributed by atoms with Crippen molar-refractivity contribution in [1.82, 2.24) is 10.2 Å². The van der Waals surface area contributed by atoms with Crippen LogP contribution in [0.25, 0.3) is 0 Å². The molecule has 1 N–H and O–H groups in total. The zero-order valence-electron chi connectivity index (χ0n) is 5.97. The summed E-state index contributed by atoms with van der Waals surface area (Å²) >= 11 is 3.21. The second kappa shape index (κ2) is 3.71. The van der Waals surface area contributed by atoms with Crippen molar-refractivity contribution in [3.05, 3.63) is 0 Å². The average Bonchev–Trinajstić information content (AvgIpc) is 1.98. The number of rotatable bonds is 2. The van der Waals surface area contributed by atoms with Crippen LogP contribution in [0.5, 0.6) is 0 Å². The van der Waals surface area contributed by atoms with Gasteiger partial charge in [-0.2, -0.15) is 0 Å². The summed E-state index contributed by atoms with van der Waals surface area (Å²) in [6, 6.07) is 0. The Kier molecular flexibility index (Phi) is 2.87. The molecule has 1 fully saturated rings. The van der Waals surface area contributed by atoms with E-state index in [9.17, 15) is 9.59 Å². The normalized spacial score (nSPS) is 18.5. The molecule has 5 heteroatoms. The molecule has 0 atom stereocenters. The number of carbonyl (C=O) groups excluding carboxylic acids is 2. The lowest BCUT2D eigenvalue weighted by Crippen LogP contribution is -2.51. The van der Waals surface area contributed by atoms with Crippen molar-refractivity contribution in [2.75, 3.05) is 25.0 Å². The number of carbonyl (C=O) groups is 2. The Morgan fingerprint density at radius 3 is 2.91 bits per heavy atom. The fraction of sp³-hybridized carbons (Fsp3) is 0.667. The SMILES string of the molecule is O=C1CN(CCBr)C(=O)CN1. The standard InChI is InChI=1S/C6H9BrN2O2/c7-1-2-9-4-5(10)8-3-6(9)11/h1-4H2,(H,8,10). The van der Waals surface area contributed by atoms with Crippen molar-refractivity contribution in [3.8, 4) is 0 Å². The number of hydrogen-bond acceptors (Lipinski definition) is 2. The van der Waals surface area contributed by atoms with E-state index in [1.54, 1.807) is 0 Å². The van der Waals surface area contributed by atoms with Crippen LogP contribution >= 0.6 is 15.9 Å². The lowest BCUT2D eigenvalue weighted by molar-refractivity contribution is -0.140. The van der Waals surface area contributed by atoms with E-state index < -0.39 is 0 Å². The molecule has 4 nitrogen and oxygen atoms in total. The highest BCUT2D eigenvalue weighted by atomic mass is 79.9. The van der Waals surface area contributed by atoms with Crippen LogP contribution in [0, 0.1) is 0 Å². The van der Waals surface area contributed by atoms with Gasteiger partial charge in [-0.15, -0.1) is 0 Å². The lowest BCUT2D eigenvalue weighted by Gasteiger charge is -2.25. The van der Waals surface area contributed by atoms with Crippen LogP contribution in [0.15, 0.2) is 0 Å². The number of amides is 2. The Labute approximate surface area is 73.1 Å². The Hall–Kier alpha value is -0.580. The van der Waals surface area contributed by atoms with Crippen molar-refractivity contribution < 1.29 is 9.59 Å². The Morgan fingerprint density at radius 1 is 1.55 bits per heavy atom. The summed E-state index contributed by atoms with van der Waals surface area (Å²) in [6.45, 7) is 0.947. The van der Waals surface area contributed by atoms with Gasteiger partial charge < -0.3 is 10.2 Å². The highest BCUT2D eigenvalue weighted by Gasteiger charge is 2.21. The summed E-state index contributed by atoms with van der Waals surface area (Å²) in [4.78, 5) is 23.3. The number of alkyl halides is 1. The molecule has 0 aromatic carbocycles. The van der Waals surface area contributed by atoms with Crippen molar-refractivity contribution in [1.29, 1.82) is 0 Å². The van der Waals surface area contributed by atoms with Crippen molar-refractivity contribution in [3.63, 3.8) is 0 Å². The lowest BCUT2D eigenvalue weighted by atomic mass is 10.3. The third-order valence-electron chi connectivity index (χ3n) is 1.48. The molecule has 0 bridgehead atoms. The molecule has 2 amide bonds. The Morgan fingerprint density at radius 2 is 2.27 bits per heavy atom. The summed E-state index contributed by atoms with van der Waals surface area (Å²) in [6.07, 6.45) is 0. The zero-order valence-corrected chi connectivity index (χ0v) is 7.56. The van der Waals surface area contributed by atoms with E-state index in [0.29, 0.717) is 11.9 Å². The molecule has 0 aliphatic carbocycles. The molecule has 0 unspecified atom stereocenters. The summed E-state index contributed by atoms with van der Waals surface area (Å²) < 4.78 is 0. The van der Waals surface area contributed by atoms with Gasteiger partial charge in [-0.1, -0.05) is 15.9 Å². The maximum Gasteiger partial charge on any atom is 0.242 e. The first kappa shape index (κ1) is 8.52. The van der Waals surface area contributed by atoms with E-state index in [4.69, 9.17) is 0 Å². The largest absolute Gasteiger partial charge is 0.345 e. The molecule has 0 aromatic heterocycles. The summed E-state index contributed by atoms with van der Waals surface area (Å²) in [7, 11) is 0. The van der Waals surface area contributed by atoms with E-state index in [-0.39, 0.29) is 24.9 Å². The number of nitrogens with one attached hydrogen (secondary N) is 1. The van der Waals surface area contributed by atoms with Gasteiger partial charge in [-0.25, -0.2) is 0 Å². The molecule has 62 valence electrons. The van der Waals surface area contributed by atoms with Crippen LogP contribution in [0.4, 0.5) is 0 Å². The minimum absolute atomic E-state index is 0.0101. The molecule has 1 rings (SSSR count).